The van der Waals surface area contributed by atoms with Gasteiger partial charge in [-0.1, -0.05) is 18.2 Å². The molecule has 0 unspecified atom stereocenters. The summed E-state index contributed by atoms with van der Waals surface area (Å²) in [6.07, 6.45) is 0. The molecule has 0 N–H and O–H groups in total. The molecular formula is C21H22F2N2O2. The molecule has 0 saturated heterocycles. The second kappa shape index (κ2) is 7.78. The molecule has 0 atom stereocenters. The zero-order valence-corrected chi connectivity index (χ0v) is 15.6. The summed E-state index contributed by atoms with van der Waals surface area (Å²) in [5.41, 5.74) is 1.92. The van der Waals surface area contributed by atoms with Crippen LogP contribution in [0.4, 0.5) is 14.5 Å². The minimum Gasteiger partial charge on any atom is -0.461 e. The fourth-order valence-corrected chi connectivity index (χ4v) is 3.36. The Morgan fingerprint density at radius 1 is 1.04 bits per heavy atom. The van der Waals surface area contributed by atoms with Crippen molar-refractivity contribution in [1.29, 1.82) is 0 Å². The van der Waals surface area contributed by atoms with E-state index in [4.69, 9.17) is 4.74 Å². The third-order valence-electron chi connectivity index (χ3n) is 4.55. The lowest BCUT2D eigenvalue weighted by Crippen LogP contribution is -2.25. The normalized spacial score (nSPS) is 11.0. The standard InChI is InChI=1S/C21H22F2N2O2/c1-4-24(5-2)19-15-12-16(22)17(23)13-18(15)25(14-10-8-7-9-11-14)20(19)21(26)27-6-3/h7-13H,4-6H2,1-3H3. The maximum absolute atomic E-state index is 14.1. The van der Waals surface area contributed by atoms with Crippen molar-refractivity contribution in [2.24, 2.45) is 0 Å². The van der Waals surface area contributed by atoms with E-state index in [0.29, 0.717) is 35.4 Å². The van der Waals surface area contributed by atoms with Crippen LogP contribution in [0.15, 0.2) is 42.5 Å². The zero-order valence-electron chi connectivity index (χ0n) is 15.6. The molecule has 3 rings (SSSR count). The van der Waals surface area contributed by atoms with Crippen LogP contribution >= 0.6 is 0 Å². The van der Waals surface area contributed by atoms with Crippen LogP contribution in [0.5, 0.6) is 0 Å². The van der Waals surface area contributed by atoms with Gasteiger partial charge in [-0.2, -0.15) is 0 Å². The van der Waals surface area contributed by atoms with E-state index in [1.807, 2.05) is 49.1 Å². The van der Waals surface area contributed by atoms with Crippen LogP contribution in [0.25, 0.3) is 16.6 Å². The maximum atomic E-state index is 14.1. The van der Waals surface area contributed by atoms with E-state index in [1.54, 1.807) is 11.5 Å². The van der Waals surface area contributed by atoms with E-state index < -0.39 is 17.6 Å². The van der Waals surface area contributed by atoms with E-state index in [9.17, 15) is 13.6 Å². The number of para-hydroxylation sites is 1. The van der Waals surface area contributed by atoms with E-state index >= 15 is 0 Å². The number of aromatic nitrogens is 1. The van der Waals surface area contributed by atoms with Crippen molar-refractivity contribution in [2.75, 3.05) is 24.6 Å². The average Bonchev–Trinajstić information content (AvgIpc) is 2.98. The average molecular weight is 372 g/mol. The van der Waals surface area contributed by atoms with Gasteiger partial charge >= 0.3 is 5.97 Å². The van der Waals surface area contributed by atoms with Gasteiger partial charge in [-0.15, -0.1) is 0 Å². The SMILES string of the molecule is CCOC(=O)c1c(N(CC)CC)c2cc(F)c(F)cc2n1-c1ccccc1. The van der Waals surface area contributed by atoms with Crippen molar-refractivity contribution in [3.8, 4) is 5.69 Å². The van der Waals surface area contributed by atoms with Gasteiger partial charge in [0, 0.05) is 30.2 Å². The van der Waals surface area contributed by atoms with Gasteiger partial charge in [-0.05, 0) is 39.0 Å². The van der Waals surface area contributed by atoms with Gasteiger partial charge in [-0.3, -0.25) is 0 Å². The first-order valence-corrected chi connectivity index (χ1v) is 9.04. The number of anilines is 1. The Kier molecular flexibility index (Phi) is 5.44. The molecule has 0 amide bonds. The number of ether oxygens (including phenoxy) is 1. The first-order chi connectivity index (χ1) is 13.0. The largest absolute Gasteiger partial charge is 0.461 e. The van der Waals surface area contributed by atoms with Gasteiger partial charge in [0.05, 0.1) is 17.8 Å². The molecule has 0 saturated carbocycles. The second-order valence-corrected chi connectivity index (χ2v) is 6.04. The highest BCUT2D eigenvalue weighted by Gasteiger charge is 2.28. The zero-order chi connectivity index (χ0) is 19.6. The Labute approximate surface area is 157 Å². The molecule has 142 valence electrons. The number of fused-ring (bicyclic) bond motifs is 1. The summed E-state index contributed by atoms with van der Waals surface area (Å²) in [5.74, 6) is -2.43. The number of halogens is 2. The Hall–Kier alpha value is -2.89. The van der Waals surface area contributed by atoms with Crippen LogP contribution < -0.4 is 4.90 Å². The minimum atomic E-state index is -0.960. The number of carbonyl (C=O) groups is 1. The van der Waals surface area contributed by atoms with Crippen LogP contribution in [0.3, 0.4) is 0 Å². The molecule has 0 radical (unpaired) electrons. The summed E-state index contributed by atoms with van der Waals surface area (Å²) < 4.78 is 35.1. The van der Waals surface area contributed by atoms with Crippen molar-refractivity contribution < 1.29 is 18.3 Å². The third-order valence-corrected chi connectivity index (χ3v) is 4.55. The molecule has 4 nitrogen and oxygen atoms in total. The van der Waals surface area contributed by atoms with Crippen molar-refractivity contribution in [3.05, 3.63) is 59.8 Å². The van der Waals surface area contributed by atoms with Gasteiger partial charge in [0.15, 0.2) is 17.3 Å². The first-order valence-electron chi connectivity index (χ1n) is 9.04. The van der Waals surface area contributed by atoms with Gasteiger partial charge in [0.1, 0.15) is 0 Å². The lowest BCUT2D eigenvalue weighted by Gasteiger charge is -2.22. The predicted molar refractivity (Wildman–Crippen MR) is 103 cm³/mol. The van der Waals surface area contributed by atoms with Crippen molar-refractivity contribution in [1.82, 2.24) is 4.57 Å². The van der Waals surface area contributed by atoms with Crippen LogP contribution in [0.1, 0.15) is 31.3 Å². The number of esters is 1. The van der Waals surface area contributed by atoms with Crippen molar-refractivity contribution in [2.45, 2.75) is 20.8 Å². The fraction of sp³-hybridized carbons (Fsp3) is 0.286. The summed E-state index contributed by atoms with van der Waals surface area (Å²) in [6, 6.07) is 11.4. The van der Waals surface area contributed by atoms with Gasteiger partial charge in [-0.25, -0.2) is 13.6 Å². The molecule has 0 bridgehead atoms. The van der Waals surface area contributed by atoms with E-state index in [0.717, 1.165) is 12.1 Å². The highest BCUT2D eigenvalue weighted by atomic mass is 19.2. The quantitative estimate of drug-likeness (QED) is 0.575. The summed E-state index contributed by atoms with van der Waals surface area (Å²) in [5, 5.41) is 0.476. The summed E-state index contributed by atoms with van der Waals surface area (Å²) in [7, 11) is 0. The Morgan fingerprint density at radius 3 is 2.26 bits per heavy atom. The molecule has 0 aliphatic rings. The molecule has 6 heteroatoms. The Balaban J connectivity index is 2.48. The number of nitrogens with zero attached hydrogens (tertiary/aromatic N) is 2. The highest BCUT2D eigenvalue weighted by molar-refractivity contribution is 6.08. The number of hydrogen-bond donors (Lipinski definition) is 0. The molecule has 1 aromatic heterocycles. The van der Waals surface area contributed by atoms with Gasteiger partial charge < -0.3 is 14.2 Å². The van der Waals surface area contributed by atoms with Crippen LogP contribution in [-0.4, -0.2) is 30.2 Å². The number of carbonyl (C=O) groups excluding carboxylic acids is 1. The lowest BCUT2D eigenvalue weighted by molar-refractivity contribution is 0.0518. The highest BCUT2D eigenvalue weighted by Crippen LogP contribution is 2.38. The van der Waals surface area contributed by atoms with Crippen LogP contribution in [0, 0.1) is 11.6 Å². The molecule has 0 aliphatic carbocycles. The molecule has 1 heterocycles. The molecule has 27 heavy (non-hydrogen) atoms. The fourth-order valence-electron chi connectivity index (χ4n) is 3.36. The second-order valence-electron chi connectivity index (χ2n) is 6.04. The smallest absolute Gasteiger partial charge is 0.357 e. The van der Waals surface area contributed by atoms with E-state index in [1.165, 1.54) is 0 Å². The lowest BCUT2D eigenvalue weighted by atomic mass is 10.2. The number of rotatable bonds is 6. The monoisotopic (exact) mass is 372 g/mol. The molecule has 3 aromatic rings. The summed E-state index contributed by atoms with van der Waals surface area (Å²) in [4.78, 5) is 14.8. The molecule has 2 aromatic carbocycles. The predicted octanol–water partition coefficient (Wildman–Crippen LogP) is 4.93. The van der Waals surface area contributed by atoms with Crippen molar-refractivity contribution in [3.63, 3.8) is 0 Å². The minimum absolute atomic E-state index is 0.204. The first kappa shape index (κ1) is 18.9. The molecule has 0 fully saturated rings. The van der Waals surface area contributed by atoms with Crippen molar-refractivity contribution >= 4 is 22.6 Å². The third kappa shape index (κ3) is 3.27. The summed E-state index contributed by atoms with van der Waals surface area (Å²) in [6.45, 7) is 7.04. The van der Waals surface area contributed by atoms with E-state index in [2.05, 4.69) is 0 Å². The Bertz CT molecular complexity index is 963. The number of hydrogen-bond acceptors (Lipinski definition) is 3. The van der Waals surface area contributed by atoms with Gasteiger partial charge in [0.25, 0.3) is 0 Å². The topological polar surface area (TPSA) is 34.5 Å². The Morgan fingerprint density at radius 2 is 1.67 bits per heavy atom. The molecule has 0 spiro atoms. The molecular weight excluding hydrogens is 350 g/mol. The van der Waals surface area contributed by atoms with Crippen LogP contribution in [-0.2, 0) is 4.74 Å². The summed E-state index contributed by atoms with van der Waals surface area (Å²) >= 11 is 0. The van der Waals surface area contributed by atoms with Crippen LogP contribution in [0.2, 0.25) is 0 Å². The molecule has 0 aliphatic heterocycles. The number of benzene rings is 2. The maximum Gasteiger partial charge on any atom is 0.357 e. The van der Waals surface area contributed by atoms with Gasteiger partial charge in [0.2, 0.25) is 0 Å². The van der Waals surface area contributed by atoms with E-state index in [-0.39, 0.29) is 12.3 Å².